The van der Waals surface area contributed by atoms with E-state index < -0.39 is 5.92 Å². The Morgan fingerprint density at radius 2 is 2.09 bits per heavy atom. The van der Waals surface area contributed by atoms with Crippen molar-refractivity contribution in [2.24, 2.45) is 11.8 Å². The molecule has 22 heavy (non-hydrogen) atoms. The number of rotatable bonds is 6. The van der Waals surface area contributed by atoms with Crippen LogP contribution in [-0.4, -0.2) is 25.0 Å². The van der Waals surface area contributed by atoms with Gasteiger partial charge in [-0.1, -0.05) is 0 Å². The van der Waals surface area contributed by atoms with E-state index in [1.807, 2.05) is 0 Å². The number of ketones is 1. The van der Waals surface area contributed by atoms with Gasteiger partial charge in [0.15, 0.2) is 0 Å². The molecule has 116 valence electrons. The Bertz CT molecular complexity index is 573. The van der Waals surface area contributed by atoms with Crippen molar-refractivity contribution in [2.45, 2.75) is 26.2 Å². The number of carbonyl (C=O) groups excluding carboxylic acids is 2. The lowest BCUT2D eigenvalue weighted by Gasteiger charge is -2.13. The van der Waals surface area contributed by atoms with Gasteiger partial charge in [0.25, 0.3) is 0 Å². The van der Waals surface area contributed by atoms with Gasteiger partial charge >= 0.3 is 5.97 Å². The number of Topliss-reactive ketones (excluding diaryl/α,β-unsaturated/α-hetero) is 1. The summed E-state index contributed by atoms with van der Waals surface area (Å²) in [5.41, 5.74) is 0.486. The molecule has 0 amide bonds. The normalized spacial score (nSPS) is 20.5. The van der Waals surface area contributed by atoms with Crippen molar-refractivity contribution >= 4 is 11.8 Å². The second kappa shape index (κ2) is 7.60. The number of ether oxygens (including phenoxy) is 2. The van der Waals surface area contributed by atoms with Crippen molar-refractivity contribution in [3.05, 3.63) is 29.8 Å². The molecular weight excluding hydrogens is 282 g/mol. The Morgan fingerprint density at radius 3 is 2.73 bits per heavy atom. The van der Waals surface area contributed by atoms with Crippen molar-refractivity contribution in [1.29, 1.82) is 5.26 Å². The lowest BCUT2D eigenvalue weighted by Crippen LogP contribution is -2.15. The molecular formula is C17H19NO4. The number of nitrogens with zero attached hydrogens (tertiary/aromatic N) is 1. The maximum absolute atomic E-state index is 11.5. The van der Waals surface area contributed by atoms with E-state index in [0.29, 0.717) is 37.4 Å². The molecule has 5 heteroatoms. The van der Waals surface area contributed by atoms with Crippen molar-refractivity contribution < 1.29 is 19.1 Å². The summed E-state index contributed by atoms with van der Waals surface area (Å²) < 4.78 is 10.5. The van der Waals surface area contributed by atoms with Crippen LogP contribution in [0.15, 0.2) is 24.3 Å². The fraction of sp³-hybridized carbons (Fsp3) is 0.471. The lowest BCUT2D eigenvalue weighted by atomic mass is 9.94. The molecule has 1 aliphatic rings. The van der Waals surface area contributed by atoms with Crippen molar-refractivity contribution in [2.75, 3.05) is 13.2 Å². The Kier molecular flexibility index (Phi) is 5.54. The Balaban J connectivity index is 1.81. The highest BCUT2D eigenvalue weighted by atomic mass is 16.5. The molecule has 5 nitrogen and oxygen atoms in total. The second-order valence-electron chi connectivity index (χ2n) is 5.25. The molecule has 2 atom stereocenters. The molecule has 1 aromatic rings. The first kappa shape index (κ1) is 16.0. The van der Waals surface area contributed by atoms with E-state index in [1.54, 1.807) is 31.2 Å². The van der Waals surface area contributed by atoms with Crippen LogP contribution in [0.4, 0.5) is 0 Å². The zero-order chi connectivity index (χ0) is 15.9. The predicted octanol–water partition coefficient (Wildman–Crippen LogP) is 2.75. The van der Waals surface area contributed by atoms with Crippen LogP contribution in [0.25, 0.3) is 0 Å². The summed E-state index contributed by atoms with van der Waals surface area (Å²) in [6.07, 6.45) is 1.95. The number of benzene rings is 1. The minimum Gasteiger partial charge on any atom is -0.494 e. The van der Waals surface area contributed by atoms with Crippen LogP contribution in [-0.2, 0) is 9.53 Å². The first-order valence-corrected chi connectivity index (χ1v) is 7.48. The summed E-state index contributed by atoms with van der Waals surface area (Å²) in [6.45, 7) is 2.56. The molecule has 0 N–H and O–H groups in total. The smallest absolute Gasteiger partial charge is 0.338 e. The molecule has 0 saturated heterocycles. The molecule has 2 unspecified atom stereocenters. The average Bonchev–Trinajstić information content (AvgIpc) is 2.88. The lowest BCUT2D eigenvalue weighted by molar-refractivity contribution is -0.119. The van der Waals surface area contributed by atoms with Gasteiger partial charge in [-0.2, -0.15) is 5.26 Å². The quantitative estimate of drug-likeness (QED) is 0.755. The topological polar surface area (TPSA) is 76.4 Å². The van der Waals surface area contributed by atoms with E-state index in [1.165, 1.54) is 0 Å². The van der Waals surface area contributed by atoms with Gasteiger partial charge in [0.1, 0.15) is 17.5 Å². The van der Waals surface area contributed by atoms with Crippen LogP contribution in [0, 0.1) is 23.2 Å². The van der Waals surface area contributed by atoms with Crippen molar-refractivity contribution in [3.63, 3.8) is 0 Å². The minimum absolute atomic E-state index is 0.0475. The monoisotopic (exact) mass is 301 g/mol. The fourth-order valence-corrected chi connectivity index (χ4v) is 2.63. The van der Waals surface area contributed by atoms with Crippen LogP contribution in [0.1, 0.15) is 36.5 Å². The number of esters is 1. The summed E-state index contributed by atoms with van der Waals surface area (Å²) in [5, 5.41) is 8.99. The molecule has 1 aliphatic carbocycles. The van der Waals surface area contributed by atoms with Gasteiger partial charge in [-0.05, 0) is 49.9 Å². The van der Waals surface area contributed by atoms with Crippen LogP contribution >= 0.6 is 0 Å². The summed E-state index contributed by atoms with van der Waals surface area (Å²) in [7, 11) is 0. The summed E-state index contributed by atoms with van der Waals surface area (Å²) in [5.74, 6) is -0.0290. The third-order valence-corrected chi connectivity index (χ3v) is 3.84. The van der Waals surface area contributed by atoms with Crippen LogP contribution in [0.5, 0.6) is 5.75 Å². The first-order valence-electron chi connectivity index (χ1n) is 7.48. The van der Waals surface area contributed by atoms with E-state index in [4.69, 9.17) is 14.7 Å². The van der Waals surface area contributed by atoms with Gasteiger partial charge in [0, 0.05) is 6.42 Å². The van der Waals surface area contributed by atoms with Gasteiger partial charge in [0.2, 0.25) is 0 Å². The Hall–Kier alpha value is -2.35. The number of hydrogen-bond acceptors (Lipinski definition) is 5. The van der Waals surface area contributed by atoms with Gasteiger partial charge in [0.05, 0.1) is 24.8 Å². The number of hydrogen-bond donors (Lipinski definition) is 0. The maximum Gasteiger partial charge on any atom is 0.338 e. The molecule has 0 bridgehead atoms. The fourth-order valence-electron chi connectivity index (χ4n) is 2.63. The van der Waals surface area contributed by atoms with Crippen molar-refractivity contribution in [1.82, 2.24) is 0 Å². The third-order valence-electron chi connectivity index (χ3n) is 3.84. The molecule has 0 heterocycles. The van der Waals surface area contributed by atoms with Crippen LogP contribution in [0.2, 0.25) is 0 Å². The molecule has 0 spiro atoms. The maximum atomic E-state index is 11.5. The van der Waals surface area contributed by atoms with E-state index in [2.05, 4.69) is 6.07 Å². The predicted molar refractivity (Wildman–Crippen MR) is 79.3 cm³/mol. The summed E-state index contributed by atoms with van der Waals surface area (Å²) in [4.78, 5) is 23.0. The zero-order valence-electron chi connectivity index (χ0n) is 12.6. The van der Waals surface area contributed by atoms with E-state index in [-0.39, 0.29) is 17.7 Å². The van der Waals surface area contributed by atoms with Gasteiger partial charge in [-0.3, -0.25) is 4.79 Å². The van der Waals surface area contributed by atoms with Gasteiger partial charge < -0.3 is 9.47 Å². The number of carbonyl (C=O) groups is 2. The van der Waals surface area contributed by atoms with Gasteiger partial charge in [-0.15, -0.1) is 0 Å². The largest absolute Gasteiger partial charge is 0.494 e. The van der Waals surface area contributed by atoms with E-state index in [0.717, 1.165) is 6.42 Å². The zero-order valence-corrected chi connectivity index (χ0v) is 12.6. The molecule has 1 aromatic carbocycles. The van der Waals surface area contributed by atoms with Crippen LogP contribution < -0.4 is 4.74 Å². The standard InChI is InChI=1S/C17H19NO4/c1-2-21-17(20)13-3-6-14(7-4-13)22-10-9-12-5-8-16(19)15(12)11-18/h3-4,6-7,12,15H,2,5,8-10H2,1H3. The highest BCUT2D eigenvalue weighted by Gasteiger charge is 2.34. The highest BCUT2D eigenvalue weighted by Crippen LogP contribution is 2.31. The Morgan fingerprint density at radius 1 is 1.36 bits per heavy atom. The van der Waals surface area contributed by atoms with Crippen LogP contribution in [0.3, 0.4) is 0 Å². The molecule has 0 radical (unpaired) electrons. The molecule has 1 fully saturated rings. The summed E-state index contributed by atoms with van der Waals surface area (Å²) in [6, 6.07) is 8.83. The van der Waals surface area contributed by atoms with Gasteiger partial charge in [-0.25, -0.2) is 4.79 Å². The Labute approximate surface area is 129 Å². The SMILES string of the molecule is CCOC(=O)c1ccc(OCCC2CCC(=O)C2C#N)cc1. The third kappa shape index (κ3) is 3.85. The molecule has 2 rings (SSSR count). The molecule has 1 saturated carbocycles. The average molecular weight is 301 g/mol. The van der Waals surface area contributed by atoms with E-state index >= 15 is 0 Å². The summed E-state index contributed by atoms with van der Waals surface area (Å²) >= 11 is 0. The molecule has 0 aliphatic heterocycles. The first-order chi connectivity index (χ1) is 10.7. The number of nitriles is 1. The molecule has 0 aromatic heterocycles. The van der Waals surface area contributed by atoms with Crippen molar-refractivity contribution in [3.8, 4) is 11.8 Å². The minimum atomic E-state index is -0.477. The van der Waals surface area contributed by atoms with E-state index in [9.17, 15) is 9.59 Å². The second-order valence-corrected chi connectivity index (χ2v) is 5.25. The highest BCUT2D eigenvalue weighted by molar-refractivity contribution is 5.89.